The Hall–Kier alpha value is -9.26. The SMILES string of the molecule is Cc1cc(C)c(-c2ccc3c(c2)c2cc(-c4c(C)cc(C)cc4C)ccc2n3-c2cc(-c3cccc(-c4ccccc4)n3)cc(-n3c4ccc(-c5c(C)cc(C)cc5C)cc4c4cc(-c5c(C)cc(C)cc5C)ccc43)c2C(F)(F)F)c(C)c1. The molecule has 0 atom stereocenters. The van der Waals surface area contributed by atoms with E-state index in [0.29, 0.717) is 33.3 Å². The largest absolute Gasteiger partial charge is 0.420 e. The van der Waals surface area contributed by atoms with Gasteiger partial charge in [-0.05, 0) is 245 Å². The lowest BCUT2D eigenvalue weighted by molar-refractivity contribution is -0.137. The molecule has 6 heteroatoms. The third-order valence-corrected chi connectivity index (χ3v) is 17.4. The second-order valence-electron chi connectivity index (χ2n) is 23.9. The fourth-order valence-corrected chi connectivity index (χ4v) is 14.5. The van der Waals surface area contributed by atoms with Crippen molar-refractivity contribution in [1.82, 2.24) is 14.1 Å². The molecule has 0 saturated heterocycles. The van der Waals surface area contributed by atoms with E-state index in [-0.39, 0.29) is 11.4 Å². The molecule has 13 aromatic rings. The maximum Gasteiger partial charge on any atom is 0.420 e. The van der Waals surface area contributed by atoms with Gasteiger partial charge in [-0.3, -0.25) is 0 Å². The Morgan fingerprint density at radius 1 is 0.286 bits per heavy atom. The summed E-state index contributed by atoms with van der Waals surface area (Å²) in [6.45, 7) is 25.5. The van der Waals surface area contributed by atoms with E-state index in [1.54, 1.807) is 12.1 Å². The van der Waals surface area contributed by atoms with E-state index in [9.17, 15) is 0 Å². The minimum Gasteiger partial charge on any atom is -0.309 e. The van der Waals surface area contributed by atoms with Crippen LogP contribution in [0.5, 0.6) is 0 Å². The van der Waals surface area contributed by atoms with E-state index in [4.69, 9.17) is 4.98 Å². The Balaban J connectivity index is 1.17. The molecule has 0 fully saturated rings. The standard InChI is InChI=1S/C78H66F3N3/c1-43-29-47(5)73(48(6)30-43)56-21-25-67-61(37-56)62-38-57(74-49(7)31-44(2)32-50(74)8)22-26-68(62)83(67)71-41-60(66-20-16-19-65(82-66)55-17-14-13-15-18-55)42-72(77(71)78(79,80)81)84-69-27-23-58(75-51(9)33-45(3)34-52(75)10)39-63(69)64-40-59(24-28-70(64)84)76-53(11)35-46(4)36-54(76)12/h13-42H,1-12H3. The molecule has 0 saturated carbocycles. The van der Waals surface area contributed by atoms with E-state index in [2.05, 4.69) is 180 Å². The van der Waals surface area contributed by atoms with Gasteiger partial charge in [0.05, 0.1) is 44.8 Å². The lowest BCUT2D eigenvalue weighted by Crippen LogP contribution is -2.16. The van der Waals surface area contributed by atoms with Crippen molar-refractivity contribution >= 4 is 43.6 Å². The summed E-state index contributed by atoms with van der Waals surface area (Å²) in [7, 11) is 0. The summed E-state index contributed by atoms with van der Waals surface area (Å²) in [5.41, 5.74) is 27.0. The van der Waals surface area contributed by atoms with Crippen LogP contribution >= 0.6 is 0 Å². The number of alkyl halides is 3. The maximum absolute atomic E-state index is 17.5. The van der Waals surface area contributed by atoms with Crippen molar-refractivity contribution in [2.45, 2.75) is 89.3 Å². The summed E-state index contributed by atoms with van der Waals surface area (Å²) in [4.78, 5) is 5.27. The van der Waals surface area contributed by atoms with E-state index >= 15 is 13.2 Å². The van der Waals surface area contributed by atoms with E-state index in [1.807, 2.05) is 81.9 Å². The Labute approximate surface area is 490 Å². The van der Waals surface area contributed by atoms with Crippen LogP contribution in [-0.2, 0) is 6.18 Å². The third kappa shape index (κ3) is 9.11. The minimum atomic E-state index is -4.87. The topological polar surface area (TPSA) is 22.8 Å². The Bertz CT molecular complexity index is 4310. The Morgan fingerprint density at radius 3 is 0.857 bits per heavy atom. The molecule has 0 spiro atoms. The van der Waals surface area contributed by atoms with Crippen LogP contribution in [0.2, 0.25) is 0 Å². The van der Waals surface area contributed by atoms with Gasteiger partial charge in [-0.25, -0.2) is 4.98 Å². The van der Waals surface area contributed by atoms with Gasteiger partial charge >= 0.3 is 6.18 Å². The second-order valence-corrected chi connectivity index (χ2v) is 23.9. The first-order valence-corrected chi connectivity index (χ1v) is 29.0. The molecule has 0 amide bonds. The van der Waals surface area contributed by atoms with Gasteiger partial charge in [-0.15, -0.1) is 0 Å². The zero-order chi connectivity index (χ0) is 58.8. The lowest BCUT2D eigenvalue weighted by atomic mass is 9.91. The summed E-state index contributed by atoms with van der Waals surface area (Å²) < 4.78 is 56.2. The van der Waals surface area contributed by atoms with Gasteiger partial charge < -0.3 is 9.13 Å². The number of pyridine rings is 1. The smallest absolute Gasteiger partial charge is 0.309 e. The highest BCUT2D eigenvalue weighted by molar-refractivity contribution is 6.14. The molecule has 0 radical (unpaired) electrons. The van der Waals surface area contributed by atoms with E-state index in [1.165, 1.54) is 22.3 Å². The Morgan fingerprint density at radius 2 is 0.571 bits per heavy atom. The predicted molar refractivity (Wildman–Crippen MR) is 347 cm³/mol. The molecule has 0 aliphatic rings. The first-order valence-electron chi connectivity index (χ1n) is 29.0. The van der Waals surface area contributed by atoms with Crippen LogP contribution in [0, 0.1) is 83.1 Å². The molecule has 0 aliphatic heterocycles. The van der Waals surface area contributed by atoms with Crippen LogP contribution in [0.25, 0.3) is 122 Å². The van der Waals surface area contributed by atoms with Gasteiger partial charge in [0.1, 0.15) is 5.56 Å². The van der Waals surface area contributed by atoms with Crippen LogP contribution in [0.15, 0.2) is 182 Å². The highest BCUT2D eigenvalue weighted by Gasteiger charge is 2.40. The highest BCUT2D eigenvalue weighted by atomic mass is 19.4. The number of hydrogen-bond donors (Lipinski definition) is 0. The van der Waals surface area contributed by atoms with Crippen LogP contribution in [0.4, 0.5) is 13.2 Å². The van der Waals surface area contributed by atoms with Crippen LogP contribution in [0.1, 0.15) is 72.3 Å². The number of hydrogen-bond acceptors (Lipinski definition) is 1. The fourth-order valence-electron chi connectivity index (χ4n) is 14.5. The summed E-state index contributed by atoms with van der Waals surface area (Å²) in [6, 6.07) is 62.0. The van der Waals surface area contributed by atoms with Crippen molar-refractivity contribution in [3.63, 3.8) is 0 Å². The molecule has 3 aromatic heterocycles. The molecule has 414 valence electrons. The maximum atomic E-state index is 17.5. The van der Waals surface area contributed by atoms with Crippen LogP contribution in [0.3, 0.4) is 0 Å². The number of halogens is 3. The molecule has 84 heavy (non-hydrogen) atoms. The second kappa shape index (κ2) is 20.3. The average Bonchev–Trinajstić information content (AvgIpc) is 1.61. The molecular formula is C78H66F3N3. The van der Waals surface area contributed by atoms with Crippen molar-refractivity contribution in [1.29, 1.82) is 0 Å². The van der Waals surface area contributed by atoms with E-state index < -0.39 is 11.7 Å². The Kier molecular flexibility index (Phi) is 13.0. The third-order valence-electron chi connectivity index (χ3n) is 17.4. The number of fused-ring (bicyclic) bond motifs is 6. The van der Waals surface area contributed by atoms with Crippen LogP contribution in [-0.4, -0.2) is 14.1 Å². The summed E-state index contributed by atoms with van der Waals surface area (Å²) in [6.07, 6.45) is -4.87. The van der Waals surface area contributed by atoms with Crippen molar-refractivity contribution in [3.8, 4) is 78.4 Å². The predicted octanol–water partition coefficient (Wildman–Crippen LogP) is 22.0. The van der Waals surface area contributed by atoms with Crippen molar-refractivity contribution < 1.29 is 13.2 Å². The van der Waals surface area contributed by atoms with Gasteiger partial charge in [-0.1, -0.05) is 131 Å². The van der Waals surface area contributed by atoms with Gasteiger partial charge in [-0.2, -0.15) is 13.2 Å². The van der Waals surface area contributed by atoms with Gasteiger partial charge in [0.2, 0.25) is 0 Å². The zero-order valence-electron chi connectivity index (χ0n) is 49.8. The monoisotopic (exact) mass is 1100 g/mol. The normalized spacial score (nSPS) is 12.0. The molecular weight excluding hydrogens is 1040 g/mol. The van der Waals surface area contributed by atoms with Gasteiger partial charge in [0.15, 0.2) is 0 Å². The number of benzene rings is 10. The summed E-state index contributed by atoms with van der Waals surface area (Å²) in [5, 5.41) is 3.43. The van der Waals surface area contributed by atoms with Crippen molar-refractivity contribution in [2.75, 3.05) is 0 Å². The van der Waals surface area contributed by atoms with E-state index in [0.717, 1.165) is 122 Å². The van der Waals surface area contributed by atoms with Gasteiger partial charge in [0.25, 0.3) is 0 Å². The fraction of sp³-hybridized carbons (Fsp3) is 0.167. The molecule has 0 unspecified atom stereocenters. The highest BCUT2D eigenvalue weighted by Crippen LogP contribution is 2.49. The van der Waals surface area contributed by atoms with Crippen molar-refractivity contribution in [2.24, 2.45) is 0 Å². The first kappa shape index (κ1) is 54.0. The summed E-state index contributed by atoms with van der Waals surface area (Å²) in [5.74, 6) is 0. The molecule has 0 aliphatic carbocycles. The molecule has 0 bridgehead atoms. The van der Waals surface area contributed by atoms with Gasteiger partial charge in [0, 0.05) is 32.7 Å². The molecule has 0 N–H and O–H groups in total. The zero-order valence-corrected chi connectivity index (χ0v) is 49.8. The number of aromatic nitrogens is 3. The molecule has 3 nitrogen and oxygen atoms in total. The van der Waals surface area contributed by atoms with Crippen molar-refractivity contribution in [3.05, 3.63) is 254 Å². The average molecular weight is 1100 g/mol. The first-order chi connectivity index (χ1) is 40.2. The number of nitrogens with zero attached hydrogens (tertiary/aromatic N) is 3. The number of aryl methyl sites for hydroxylation is 12. The number of rotatable bonds is 8. The molecule has 3 heterocycles. The minimum absolute atomic E-state index is 0.00728. The quantitative estimate of drug-likeness (QED) is 0.149. The summed E-state index contributed by atoms with van der Waals surface area (Å²) >= 11 is 0. The molecule has 10 aromatic carbocycles. The lowest BCUT2D eigenvalue weighted by Gasteiger charge is -2.23. The van der Waals surface area contributed by atoms with Crippen LogP contribution < -0.4 is 0 Å². The molecule has 13 rings (SSSR count).